The number of nitrogens with one attached hydrogen (secondary N) is 4. The van der Waals surface area contributed by atoms with Gasteiger partial charge in [0.15, 0.2) is 5.82 Å². The highest BCUT2D eigenvalue weighted by Crippen LogP contribution is 2.29. The van der Waals surface area contributed by atoms with Crippen LogP contribution in [0.1, 0.15) is 16.7 Å². The number of amides is 2. The van der Waals surface area contributed by atoms with E-state index in [9.17, 15) is 4.79 Å². The number of carbonyl (C=O) groups excluding carboxylic acids is 1. The fourth-order valence-corrected chi connectivity index (χ4v) is 3.92. The number of anilines is 6. The third-order valence-electron chi connectivity index (χ3n) is 5.50. The van der Waals surface area contributed by atoms with Crippen molar-refractivity contribution in [2.45, 2.75) is 12.8 Å². The summed E-state index contributed by atoms with van der Waals surface area (Å²) in [6.45, 7) is 0. The molecular weight excluding hydrogens is 462 g/mol. The number of urea groups is 1. The second kappa shape index (κ2) is 9.71. The van der Waals surface area contributed by atoms with Gasteiger partial charge in [0.2, 0.25) is 5.95 Å². The molecule has 2 heterocycles. The van der Waals surface area contributed by atoms with E-state index in [0.717, 1.165) is 28.9 Å². The lowest BCUT2D eigenvalue weighted by Gasteiger charge is -2.15. The highest BCUT2D eigenvalue weighted by molar-refractivity contribution is 6.32. The molecule has 0 radical (unpaired) electrons. The summed E-state index contributed by atoms with van der Waals surface area (Å²) in [4.78, 5) is 21.5. The molecule has 0 spiro atoms. The zero-order valence-corrected chi connectivity index (χ0v) is 19.2. The Morgan fingerprint density at radius 3 is 2.63 bits per heavy atom. The first kappa shape index (κ1) is 22.2. The van der Waals surface area contributed by atoms with Crippen molar-refractivity contribution in [2.75, 3.05) is 21.3 Å². The number of nitrogens with zero attached hydrogens (tertiary/aromatic N) is 3. The summed E-state index contributed by atoms with van der Waals surface area (Å²) in [6, 6.07) is 22.1. The summed E-state index contributed by atoms with van der Waals surface area (Å²) in [5.74, 6) is 0.913. The quantitative estimate of drug-likeness (QED) is 0.270. The summed E-state index contributed by atoms with van der Waals surface area (Å²) >= 11 is 6.33. The van der Waals surface area contributed by atoms with Crippen LogP contribution < -0.4 is 21.3 Å². The highest BCUT2D eigenvalue weighted by Gasteiger charge is 2.13. The lowest BCUT2D eigenvalue weighted by atomic mass is 10.0. The molecule has 9 heteroatoms. The monoisotopic (exact) mass is 481 g/mol. The van der Waals surface area contributed by atoms with Gasteiger partial charge in [-0.15, -0.1) is 0 Å². The number of aromatic nitrogens is 2. The maximum Gasteiger partial charge on any atom is 0.323 e. The number of aryl methyl sites for hydroxylation is 2. The van der Waals surface area contributed by atoms with Crippen molar-refractivity contribution in [1.82, 2.24) is 9.97 Å². The summed E-state index contributed by atoms with van der Waals surface area (Å²) < 4.78 is 0. The first-order valence-electron chi connectivity index (χ1n) is 10.9. The Balaban J connectivity index is 1.44. The standard InChI is InChI=1S/C26H20ClN7O/c27-22-15-29-25-31-20-3-1-2-16(12-20)4-7-18-13-21(30-24(22)34-25)10-11-23(18)33-26(35)32-19-8-5-17(14-28)6-9-19/h1-3,5-6,8-13,15H,4,7H2,(H2,32,33,35)(H2,29,30,31,34). The minimum absolute atomic E-state index is 0.371. The average molecular weight is 482 g/mol. The number of halogens is 1. The fraction of sp³-hybridized carbons (Fsp3) is 0.0769. The number of fused-ring (bicyclic) bond motifs is 6. The zero-order valence-electron chi connectivity index (χ0n) is 18.5. The predicted octanol–water partition coefficient (Wildman–Crippen LogP) is 6.23. The van der Waals surface area contributed by atoms with Crippen LogP contribution in [0, 0.1) is 11.3 Å². The summed E-state index contributed by atoms with van der Waals surface area (Å²) in [6.07, 6.45) is 3.01. The normalized spacial score (nSPS) is 11.9. The van der Waals surface area contributed by atoms with E-state index in [1.54, 1.807) is 30.5 Å². The van der Waals surface area contributed by atoms with Crippen LogP contribution in [0.4, 0.5) is 39.3 Å². The predicted molar refractivity (Wildman–Crippen MR) is 138 cm³/mol. The van der Waals surface area contributed by atoms with E-state index < -0.39 is 0 Å². The molecule has 1 aromatic heterocycles. The second-order valence-corrected chi connectivity index (χ2v) is 8.39. The smallest absolute Gasteiger partial charge is 0.323 e. The van der Waals surface area contributed by atoms with Gasteiger partial charge >= 0.3 is 6.03 Å². The first-order chi connectivity index (χ1) is 17.1. The van der Waals surface area contributed by atoms with Gasteiger partial charge in [0.1, 0.15) is 5.02 Å². The molecule has 35 heavy (non-hydrogen) atoms. The Kier molecular flexibility index (Phi) is 6.16. The van der Waals surface area contributed by atoms with Crippen molar-refractivity contribution in [2.24, 2.45) is 0 Å². The van der Waals surface area contributed by atoms with Crippen molar-refractivity contribution >= 4 is 52.1 Å². The van der Waals surface area contributed by atoms with Crippen LogP contribution in [-0.4, -0.2) is 16.0 Å². The second-order valence-electron chi connectivity index (χ2n) is 7.98. The summed E-state index contributed by atoms with van der Waals surface area (Å²) in [7, 11) is 0. The van der Waals surface area contributed by atoms with Crippen LogP contribution in [0.3, 0.4) is 0 Å². The molecule has 172 valence electrons. The third kappa shape index (κ3) is 5.32. The van der Waals surface area contributed by atoms with Gasteiger partial charge in [-0.1, -0.05) is 23.7 Å². The van der Waals surface area contributed by atoms with E-state index in [1.165, 1.54) is 0 Å². The molecule has 0 atom stereocenters. The topological polar surface area (TPSA) is 115 Å². The van der Waals surface area contributed by atoms with Crippen molar-refractivity contribution in [3.8, 4) is 6.07 Å². The van der Waals surface area contributed by atoms with Gasteiger partial charge < -0.3 is 21.3 Å². The van der Waals surface area contributed by atoms with Crippen molar-refractivity contribution < 1.29 is 4.79 Å². The Hall–Kier alpha value is -4.61. The molecule has 2 amide bonds. The molecule has 6 bridgehead atoms. The largest absolute Gasteiger partial charge is 0.339 e. The van der Waals surface area contributed by atoms with Crippen LogP contribution in [0.5, 0.6) is 0 Å². The molecule has 0 saturated heterocycles. The number of benzene rings is 3. The lowest BCUT2D eigenvalue weighted by Crippen LogP contribution is -2.20. The Bertz CT molecular complexity index is 1450. The van der Waals surface area contributed by atoms with Gasteiger partial charge in [-0.25, -0.2) is 9.78 Å². The molecular formula is C26H20ClN7O. The van der Waals surface area contributed by atoms with E-state index in [2.05, 4.69) is 49.4 Å². The van der Waals surface area contributed by atoms with Crippen LogP contribution in [0.25, 0.3) is 0 Å². The highest BCUT2D eigenvalue weighted by atomic mass is 35.5. The third-order valence-corrected chi connectivity index (χ3v) is 5.77. The molecule has 0 fully saturated rings. The molecule has 0 unspecified atom stereocenters. The first-order valence-corrected chi connectivity index (χ1v) is 11.3. The molecule has 8 nitrogen and oxygen atoms in total. The van der Waals surface area contributed by atoms with Crippen molar-refractivity contribution in [1.29, 1.82) is 5.26 Å². The van der Waals surface area contributed by atoms with Gasteiger partial charge in [-0.3, -0.25) is 0 Å². The number of nitriles is 1. The molecule has 5 rings (SSSR count). The number of carbonyl (C=O) groups is 1. The lowest BCUT2D eigenvalue weighted by molar-refractivity contribution is 0.262. The molecule has 1 aliphatic heterocycles. The fourth-order valence-electron chi connectivity index (χ4n) is 3.78. The maximum absolute atomic E-state index is 12.7. The average Bonchev–Trinajstić information content (AvgIpc) is 2.87. The van der Waals surface area contributed by atoms with E-state index in [-0.39, 0.29) is 6.03 Å². The number of hydrogen-bond acceptors (Lipinski definition) is 6. The molecule has 3 aromatic carbocycles. The van der Waals surface area contributed by atoms with Crippen LogP contribution in [0.15, 0.2) is 72.9 Å². The van der Waals surface area contributed by atoms with Crippen LogP contribution in [-0.2, 0) is 12.8 Å². The summed E-state index contributed by atoms with van der Waals surface area (Å²) in [5, 5.41) is 21.6. The van der Waals surface area contributed by atoms with Gasteiger partial charge in [-0.05, 0) is 78.6 Å². The van der Waals surface area contributed by atoms with E-state index >= 15 is 0 Å². The Morgan fingerprint density at radius 2 is 1.80 bits per heavy atom. The van der Waals surface area contributed by atoms with Crippen molar-refractivity contribution in [3.05, 3.63) is 94.6 Å². The van der Waals surface area contributed by atoms with Gasteiger partial charge in [0, 0.05) is 22.7 Å². The van der Waals surface area contributed by atoms with Gasteiger partial charge in [0.05, 0.1) is 17.8 Å². The number of hydrogen-bond donors (Lipinski definition) is 4. The number of rotatable bonds is 2. The van der Waals surface area contributed by atoms with E-state index in [0.29, 0.717) is 40.1 Å². The molecule has 4 aromatic rings. The molecule has 0 saturated carbocycles. The van der Waals surface area contributed by atoms with Gasteiger partial charge in [-0.2, -0.15) is 10.2 Å². The van der Waals surface area contributed by atoms with Crippen LogP contribution in [0.2, 0.25) is 5.02 Å². The molecule has 4 N–H and O–H groups in total. The zero-order chi connectivity index (χ0) is 24.2. The Morgan fingerprint density at radius 1 is 0.971 bits per heavy atom. The van der Waals surface area contributed by atoms with E-state index in [4.69, 9.17) is 16.9 Å². The molecule has 0 aliphatic carbocycles. The SMILES string of the molecule is N#Cc1ccc(NC(=O)Nc2ccc3cc2CCc2cccc(c2)Nc2ncc(Cl)c(n2)N3)cc1. The molecule has 1 aliphatic rings. The summed E-state index contributed by atoms with van der Waals surface area (Å²) in [5.41, 5.74) is 5.57. The Labute approximate surface area is 207 Å². The van der Waals surface area contributed by atoms with Crippen LogP contribution >= 0.6 is 11.6 Å². The van der Waals surface area contributed by atoms with E-state index in [1.807, 2.05) is 30.3 Å². The minimum Gasteiger partial charge on any atom is -0.339 e. The van der Waals surface area contributed by atoms with Crippen molar-refractivity contribution in [3.63, 3.8) is 0 Å². The maximum atomic E-state index is 12.7. The minimum atomic E-state index is -0.371. The van der Waals surface area contributed by atoms with Gasteiger partial charge in [0.25, 0.3) is 0 Å².